The number of hydrogen-bond donors (Lipinski definition) is 2. The van der Waals surface area contributed by atoms with Gasteiger partial charge in [-0.2, -0.15) is 0 Å². The van der Waals surface area contributed by atoms with Crippen LogP contribution in [0.25, 0.3) is 0 Å². The lowest BCUT2D eigenvalue weighted by Gasteiger charge is -2.13. The lowest BCUT2D eigenvalue weighted by atomic mass is 10.1. The molecule has 0 aliphatic carbocycles. The van der Waals surface area contributed by atoms with E-state index in [0.717, 1.165) is 0 Å². The summed E-state index contributed by atoms with van der Waals surface area (Å²) < 4.78 is 5.20. The van der Waals surface area contributed by atoms with Crippen molar-refractivity contribution in [2.24, 2.45) is 0 Å². The van der Waals surface area contributed by atoms with Gasteiger partial charge in [0, 0.05) is 18.3 Å². The molecule has 1 atom stereocenters. The van der Waals surface area contributed by atoms with Gasteiger partial charge in [0.05, 0.1) is 5.56 Å². The number of anilines is 1. The number of hydrogen-bond acceptors (Lipinski definition) is 4. The number of benzene rings is 1. The number of nitrogen functional groups attached to an aromatic ring is 1. The van der Waals surface area contributed by atoms with Gasteiger partial charge in [-0.1, -0.05) is 26.2 Å². The Balaban J connectivity index is 2.14. The van der Waals surface area contributed by atoms with Crippen LogP contribution in [-0.2, 0) is 4.74 Å². The molecule has 0 heterocycles. The zero-order chi connectivity index (χ0) is 14.8. The molecular formula is C16H26N2O2. The molecule has 0 aromatic heterocycles. The lowest BCUT2D eigenvalue weighted by molar-refractivity contribution is 0.0506. The van der Waals surface area contributed by atoms with Gasteiger partial charge in [-0.05, 0) is 37.6 Å². The van der Waals surface area contributed by atoms with Gasteiger partial charge < -0.3 is 15.8 Å². The third-order valence-electron chi connectivity index (χ3n) is 3.22. The average molecular weight is 278 g/mol. The highest BCUT2D eigenvalue weighted by Gasteiger charge is 2.06. The first-order chi connectivity index (χ1) is 9.63. The van der Waals surface area contributed by atoms with Crippen LogP contribution in [0.15, 0.2) is 24.3 Å². The van der Waals surface area contributed by atoms with Crippen LogP contribution in [0.2, 0.25) is 0 Å². The Kier molecular flexibility index (Phi) is 7.73. The molecule has 0 fully saturated rings. The minimum Gasteiger partial charge on any atom is -0.461 e. The molecule has 0 aliphatic heterocycles. The van der Waals surface area contributed by atoms with E-state index in [9.17, 15) is 4.79 Å². The van der Waals surface area contributed by atoms with E-state index in [-0.39, 0.29) is 5.97 Å². The molecule has 0 radical (unpaired) electrons. The smallest absolute Gasteiger partial charge is 0.338 e. The van der Waals surface area contributed by atoms with E-state index in [0.29, 0.717) is 30.4 Å². The van der Waals surface area contributed by atoms with Crippen LogP contribution < -0.4 is 11.1 Å². The number of carbonyl (C=O) groups excluding carboxylic acids is 1. The summed E-state index contributed by atoms with van der Waals surface area (Å²) in [5.74, 6) is -0.301. The predicted molar refractivity (Wildman–Crippen MR) is 82.7 cm³/mol. The average Bonchev–Trinajstić information content (AvgIpc) is 2.44. The summed E-state index contributed by atoms with van der Waals surface area (Å²) in [6.45, 7) is 5.45. The second-order valence-electron chi connectivity index (χ2n) is 5.11. The highest BCUT2D eigenvalue weighted by molar-refractivity contribution is 5.89. The van der Waals surface area contributed by atoms with E-state index in [1.165, 1.54) is 25.7 Å². The minimum absolute atomic E-state index is 0.301. The fourth-order valence-corrected chi connectivity index (χ4v) is 1.95. The van der Waals surface area contributed by atoms with Gasteiger partial charge in [-0.3, -0.25) is 0 Å². The van der Waals surface area contributed by atoms with Gasteiger partial charge in [0.1, 0.15) is 6.61 Å². The van der Waals surface area contributed by atoms with E-state index in [1.54, 1.807) is 24.3 Å². The Bertz CT molecular complexity index is 390. The fourth-order valence-electron chi connectivity index (χ4n) is 1.95. The second-order valence-corrected chi connectivity index (χ2v) is 5.11. The zero-order valence-corrected chi connectivity index (χ0v) is 12.5. The van der Waals surface area contributed by atoms with Crippen molar-refractivity contribution >= 4 is 11.7 Å². The molecular weight excluding hydrogens is 252 g/mol. The number of nitrogens with one attached hydrogen (secondary N) is 1. The summed E-state index contributed by atoms with van der Waals surface area (Å²) in [6.07, 6.45) is 4.93. The number of esters is 1. The van der Waals surface area contributed by atoms with Crippen LogP contribution in [0.4, 0.5) is 5.69 Å². The van der Waals surface area contributed by atoms with Gasteiger partial charge in [0.25, 0.3) is 0 Å². The normalized spacial score (nSPS) is 12.1. The van der Waals surface area contributed by atoms with E-state index < -0.39 is 0 Å². The largest absolute Gasteiger partial charge is 0.461 e. The van der Waals surface area contributed by atoms with Gasteiger partial charge in [0.2, 0.25) is 0 Å². The Morgan fingerprint density at radius 2 is 2.00 bits per heavy atom. The van der Waals surface area contributed by atoms with Crippen LogP contribution in [0.5, 0.6) is 0 Å². The quantitative estimate of drug-likeness (QED) is 0.414. The lowest BCUT2D eigenvalue weighted by Crippen LogP contribution is -2.30. The van der Waals surface area contributed by atoms with Crippen molar-refractivity contribution in [2.45, 2.75) is 45.6 Å². The molecule has 0 spiro atoms. The molecule has 1 unspecified atom stereocenters. The first kappa shape index (κ1) is 16.5. The van der Waals surface area contributed by atoms with Crippen molar-refractivity contribution in [3.05, 3.63) is 29.8 Å². The van der Waals surface area contributed by atoms with Crippen molar-refractivity contribution in [1.82, 2.24) is 5.32 Å². The van der Waals surface area contributed by atoms with Crippen LogP contribution >= 0.6 is 0 Å². The van der Waals surface area contributed by atoms with E-state index in [4.69, 9.17) is 10.5 Å². The highest BCUT2D eigenvalue weighted by Crippen LogP contribution is 2.06. The predicted octanol–water partition coefficient (Wildman–Crippen LogP) is 2.98. The summed E-state index contributed by atoms with van der Waals surface area (Å²) >= 11 is 0. The summed E-state index contributed by atoms with van der Waals surface area (Å²) in [7, 11) is 0. The Hall–Kier alpha value is -1.55. The van der Waals surface area contributed by atoms with Crippen molar-refractivity contribution in [3.63, 3.8) is 0 Å². The molecule has 0 saturated carbocycles. The Morgan fingerprint density at radius 1 is 1.30 bits per heavy atom. The fraction of sp³-hybridized carbons (Fsp3) is 0.562. The molecule has 4 heteroatoms. The SMILES string of the molecule is CCCCCC(C)NCCOC(=O)c1ccc(N)cc1. The zero-order valence-electron chi connectivity index (χ0n) is 12.5. The number of rotatable bonds is 9. The van der Waals surface area contributed by atoms with E-state index in [1.807, 2.05) is 0 Å². The molecule has 0 bridgehead atoms. The van der Waals surface area contributed by atoms with Gasteiger partial charge in [-0.25, -0.2) is 4.79 Å². The topological polar surface area (TPSA) is 64.3 Å². The van der Waals surface area contributed by atoms with Gasteiger partial charge in [0.15, 0.2) is 0 Å². The molecule has 1 rings (SSSR count). The third kappa shape index (κ3) is 6.57. The Labute approximate surface area is 121 Å². The summed E-state index contributed by atoms with van der Waals surface area (Å²) in [5, 5.41) is 3.36. The first-order valence-electron chi connectivity index (χ1n) is 7.39. The van der Waals surface area contributed by atoms with Crippen molar-refractivity contribution < 1.29 is 9.53 Å². The van der Waals surface area contributed by atoms with Crippen LogP contribution in [0, 0.1) is 0 Å². The highest BCUT2D eigenvalue weighted by atomic mass is 16.5. The summed E-state index contributed by atoms with van der Waals surface area (Å²) in [6, 6.07) is 7.23. The Morgan fingerprint density at radius 3 is 2.65 bits per heavy atom. The van der Waals surface area contributed by atoms with Crippen molar-refractivity contribution in [1.29, 1.82) is 0 Å². The summed E-state index contributed by atoms with van der Waals surface area (Å²) in [4.78, 5) is 11.7. The number of nitrogens with two attached hydrogens (primary N) is 1. The molecule has 3 N–H and O–H groups in total. The molecule has 0 amide bonds. The number of carbonyl (C=O) groups is 1. The maximum atomic E-state index is 11.7. The number of ether oxygens (including phenoxy) is 1. The maximum Gasteiger partial charge on any atom is 0.338 e. The standard InChI is InChI=1S/C16H26N2O2/c1-3-4-5-6-13(2)18-11-12-20-16(19)14-7-9-15(17)10-8-14/h7-10,13,18H,3-6,11-12,17H2,1-2H3. The third-order valence-corrected chi connectivity index (χ3v) is 3.22. The van der Waals surface area contributed by atoms with E-state index in [2.05, 4.69) is 19.2 Å². The molecule has 0 aliphatic rings. The monoisotopic (exact) mass is 278 g/mol. The van der Waals surface area contributed by atoms with Gasteiger partial charge in [-0.15, -0.1) is 0 Å². The van der Waals surface area contributed by atoms with Crippen LogP contribution in [-0.4, -0.2) is 25.2 Å². The maximum absolute atomic E-state index is 11.7. The molecule has 112 valence electrons. The molecule has 20 heavy (non-hydrogen) atoms. The molecule has 0 saturated heterocycles. The summed E-state index contributed by atoms with van der Waals surface area (Å²) in [5.41, 5.74) is 6.75. The van der Waals surface area contributed by atoms with Crippen LogP contribution in [0.1, 0.15) is 49.9 Å². The molecule has 1 aromatic carbocycles. The van der Waals surface area contributed by atoms with Crippen molar-refractivity contribution in [3.8, 4) is 0 Å². The van der Waals surface area contributed by atoms with Crippen LogP contribution in [0.3, 0.4) is 0 Å². The minimum atomic E-state index is -0.301. The van der Waals surface area contributed by atoms with Gasteiger partial charge >= 0.3 is 5.97 Å². The molecule has 1 aromatic rings. The number of unbranched alkanes of at least 4 members (excludes halogenated alkanes) is 2. The first-order valence-corrected chi connectivity index (χ1v) is 7.39. The van der Waals surface area contributed by atoms with Crippen molar-refractivity contribution in [2.75, 3.05) is 18.9 Å². The van der Waals surface area contributed by atoms with E-state index >= 15 is 0 Å². The molecule has 4 nitrogen and oxygen atoms in total. The second kappa shape index (κ2) is 9.37.